The highest BCUT2D eigenvalue weighted by atomic mass is 16.5. The summed E-state index contributed by atoms with van der Waals surface area (Å²) < 4.78 is 11.3. The van der Waals surface area contributed by atoms with Gasteiger partial charge in [-0.3, -0.25) is 9.59 Å². The van der Waals surface area contributed by atoms with Gasteiger partial charge in [-0.05, 0) is 31.6 Å². The fourth-order valence-electron chi connectivity index (χ4n) is 2.93. The molecule has 3 atom stereocenters. The normalized spacial score (nSPS) is 29.3. The molecule has 0 unspecified atom stereocenters. The van der Waals surface area contributed by atoms with Crippen molar-refractivity contribution in [3.05, 3.63) is 42.0 Å². The molecule has 0 spiro atoms. The molecule has 1 fully saturated rings. The first kappa shape index (κ1) is 16.5. The smallest absolute Gasteiger partial charge is 0.255 e. The van der Waals surface area contributed by atoms with E-state index in [0.29, 0.717) is 37.5 Å². The number of para-hydroxylation sites is 1. The maximum Gasteiger partial charge on any atom is 0.255 e. The van der Waals surface area contributed by atoms with E-state index in [2.05, 4.69) is 10.6 Å². The molecule has 2 heterocycles. The Balaban J connectivity index is 1.82. The molecule has 6 nitrogen and oxygen atoms in total. The molecule has 2 N–H and O–H groups in total. The van der Waals surface area contributed by atoms with Gasteiger partial charge in [-0.1, -0.05) is 18.2 Å². The number of carbonyl (C=O) groups is 2. The largest absolute Gasteiger partial charge is 0.489 e. The van der Waals surface area contributed by atoms with Crippen LogP contribution >= 0.6 is 0 Å². The number of amides is 2. The van der Waals surface area contributed by atoms with Crippen molar-refractivity contribution in [1.29, 1.82) is 0 Å². The fourth-order valence-corrected chi connectivity index (χ4v) is 2.93. The van der Waals surface area contributed by atoms with E-state index in [9.17, 15) is 9.59 Å². The second kappa shape index (κ2) is 7.49. The Morgan fingerprint density at radius 3 is 2.92 bits per heavy atom. The summed E-state index contributed by atoms with van der Waals surface area (Å²) in [5.41, 5.74) is 0.483. The van der Waals surface area contributed by atoms with Gasteiger partial charge in [-0.15, -0.1) is 0 Å². The van der Waals surface area contributed by atoms with Gasteiger partial charge in [0.2, 0.25) is 5.91 Å². The maximum absolute atomic E-state index is 12.4. The maximum atomic E-state index is 12.4. The first-order valence-electron chi connectivity index (χ1n) is 8.24. The number of hydrogen-bond donors (Lipinski definition) is 2. The van der Waals surface area contributed by atoms with Gasteiger partial charge in [0, 0.05) is 19.2 Å². The summed E-state index contributed by atoms with van der Waals surface area (Å²) in [6, 6.07) is 6.94. The van der Waals surface area contributed by atoms with Crippen molar-refractivity contribution in [2.24, 2.45) is 5.92 Å². The average molecular weight is 330 g/mol. The second-order valence-corrected chi connectivity index (χ2v) is 6.09. The summed E-state index contributed by atoms with van der Waals surface area (Å²) >= 11 is 0. The molecule has 2 aliphatic heterocycles. The van der Waals surface area contributed by atoms with Crippen LogP contribution in [0.25, 0.3) is 0 Å². The van der Waals surface area contributed by atoms with Crippen molar-refractivity contribution in [2.45, 2.75) is 25.5 Å². The van der Waals surface area contributed by atoms with Crippen LogP contribution in [0.2, 0.25) is 0 Å². The molecule has 0 bridgehead atoms. The quantitative estimate of drug-likeness (QED) is 0.703. The molecule has 6 heteroatoms. The molecule has 2 aliphatic rings. The monoisotopic (exact) mass is 330 g/mol. The summed E-state index contributed by atoms with van der Waals surface area (Å²) in [7, 11) is 0. The van der Waals surface area contributed by atoms with Crippen LogP contribution in [0.1, 0.15) is 23.7 Å². The number of nitrogens with one attached hydrogen (secondary N) is 2. The minimum Gasteiger partial charge on any atom is -0.489 e. The zero-order valence-electron chi connectivity index (χ0n) is 13.7. The lowest BCUT2D eigenvalue weighted by molar-refractivity contribution is -0.126. The van der Waals surface area contributed by atoms with Crippen molar-refractivity contribution in [3.63, 3.8) is 0 Å². The highest BCUT2D eigenvalue weighted by molar-refractivity contribution is 5.97. The number of rotatable bonds is 0. The van der Waals surface area contributed by atoms with Crippen LogP contribution in [0, 0.1) is 5.92 Å². The Bertz CT molecular complexity index is 644. The molecule has 0 aliphatic carbocycles. The van der Waals surface area contributed by atoms with Crippen molar-refractivity contribution in [2.75, 3.05) is 19.8 Å². The molecule has 2 amide bonds. The number of fused-ring (bicyclic) bond motifs is 2. The summed E-state index contributed by atoms with van der Waals surface area (Å²) in [6.45, 7) is 3.12. The van der Waals surface area contributed by atoms with Gasteiger partial charge < -0.3 is 20.1 Å². The third-order valence-corrected chi connectivity index (χ3v) is 4.22. The van der Waals surface area contributed by atoms with Crippen LogP contribution in [-0.4, -0.2) is 43.7 Å². The van der Waals surface area contributed by atoms with E-state index in [1.807, 2.05) is 25.1 Å². The molecule has 1 aromatic rings. The Morgan fingerprint density at radius 2 is 2.04 bits per heavy atom. The van der Waals surface area contributed by atoms with Crippen LogP contribution in [0.15, 0.2) is 36.4 Å². The minimum absolute atomic E-state index is 0.0402. The Hall–Kier alpha value is -2.34. The van der Waals surface area contributed by atoms with Crippen molar-refractivity contribution in [1.82, 2.24) is 10.6 Å². The predicted molar refractivity (Wildman–Crippen MR) is 88.9 cm³/mol. The molecular formula is C18H22N2O4. The van der Waals surface area contributed by atoms with Crippen LogP contribution < -0.4 is 15.4 Å². The van der Waals surface area contributed by atoms with E-state index in [-0.39, 0.29) is 29.9 Å². The van der Waals surface area contributed by atoms with Crippen molar-refractivity contribution < 1.29 is 19.1 Å². The molecule has 1 saturated heterocycles. The average Bonchev–Trinajstić information content (AvgIpc) is 3.05. The van der Waals surface area contributed by atoms with Crippen LogP contribution in [0.5, 0.6) is 5.75 Å². The summed E-state index contributed by atoms with van der Waals surface area (Å²) in [4.78, 5) is 24.7. The first-order valence-corrected chi connectivity index (χ1v) is 8.24. The highest BCUT2D eigenvalue weighted by Gasteiger charge is 2.32. The molecule has 0 saturated carbocycles. The van der Waals surface area contributed by atoms with Gasteiger partial charge in [0.15, 0.2) is 0 Å². The van der Waals surface area contributed by atoms with Crippen LogP contribution in [0.4, 0.5) is 0 Å². The zero-order valence-corrected chi connectivity index (χ0v) is 13.7. The Kier molecular flexibility index (Phi) is 5.15. The molecule has 24 heavy (non-hydrogen) atoms. The van der Waals surface area contributed by atoms with Crippen LogP contribution in [0.3, 0.4) is 0 Å². The number of ether oxygens (including phenoxy) is 2. The van der Waals surface area contributed by atoms with E-state index >= 15 is 0 Å². The molecule has 128 valence electrons. The van der Waals surface area contributed by atoms with Gasteiger partial charge in [0.05, 0.1) is 17.6 Å². The van der Waals surface area contributed by atoms with E-state index in [1.54, 1.807) is 18.2 Å². The lowest BCUT2D eigenvalue weighted by atomic mass is 10.00. The van der Waals surface area contributed by atoms with Gasteiger partial charge in [-0.2, -0.15) is 0 Å². The van der Waals surface area contributed by atoms with Gasteiger partial charge >= 0.3 is 0 Å². The fraction of sp³-hybridized carbons (Fsp3) is 0.444. The summed E-state index contributed by atoms with van der Waals surface area (Å²) in [5.74, 6) is 0.0910. The highest BCUT2D eigenvalue weighted by Crippen LogP contribution is 2.23. The van der Waals surface area contributed by atoms with Gasteiger partial charge in [0.1, 0.15) is 12.4 Å². The Labute approximate surface area is 141 Å². The first-order chi connectivity index (χ1) is 11.6. The van der Waals surface area contributed by atoms with Gasteiger partial charge in [0.25, 0.3) is 5.91 Å². The van der Waals surface area contributed by atoms with E-state index < -0.39 is 0 Å². The summed E-state index contributed by atoms with van der Waals surface area (Å²) in [6.07, 6.45) is 4.18. The molecular weight excluding hydrogens is 308 g/mol. The van der Waals surface area contributed by atoms with E-state index in [0.717, 1.165) is 0 Å². The second-order valence-electron chi connectivity index (χ2n) is 6.09. The summed E-state index contributed by atoms with van der Waals surface area (Å²) in [5, 5.41) is 5.79. The van der Waals surface area contributed by atoms with Crippen LogP contribution in [-0.2, 0) is 9.53 Å². The number of hydrogen-bond acceptors (Lipinski definition) is 4. The van der Waals surface area contributed by atoms with E-state index in [1.165, 1.54) is 0 Å². The number of carbonyl (C=O) groups excluding carboxylic acids is 2. The number of benzene rings is 1. The Morgan fingerprint density at radius 1 is 1.21 bits per heavy atom. The predicted octanol–water partition coefficient (Wildman–Crippen LogP) is 1.27. The SMILES string of the molecule is C[C@H]1CNC(=O)[C@@H]2CCO[C@H]2/C=C\COc2ccccc2C(=O)N1. The lowest BCUT2D eigenvalue weighted by Gasteiger charge is -2.20. The van der Waals surface area contributed by atoms with Crippen molar-refractivity contribution in [3.8, 4) is 5.75 Å². The lowest BCUT2D eigenvalue weighted by Crippen LogP contribution is -2.44. The molecule has 0 aromatic heterocycles. The molecule has 0 radical (unpaired) electrons. The molecule has 1 aromatic carbocycles. The molecule has 3 rings (SSSR count). The standard InChI is InChI=1S/C18H22N2O4/c1-12-11-19-17(21)14-8-10-24-16(14)7-4-9-23-15-6-3-2-5-13(15)18(22)20-12/h2-7,12,14,16H,8-11H2,1H3,(H,19,21)(H,20,22)/b7-4-/t12-,14+,16-/m0/s1. The zero-order chi connectivity index (χ0) is 16.9. The third kappa shape index (κ3) is 3.76. The third-order valence-electron chi connectivity index (χ3n) is 4.22. The van der Waals surface area contributed by atoms with Gasteiger partial charge in [-0.25, -0.2) is 0 Å². The minimum atomic E-state index is -0.225. The van der Waals surface area contributed by atoms with E-state index in [4.69, 9.17) is 9.47 Å². The van der Waals surface area contributed by atoms with Crippen molar-refractivity contribution >= 4 is 11.8 Å². The topological polar surface area (TPSA) is 76.7 Å².